The van der Waals surface area contributed by atoms with Crippen molar-refractivity contribution < 1.29 is 14.3 Å². The fourth-order valence-corrected chi connectivity index (χ4v) is 3.22. The lowest BCUT2D eigenvalue weighted by Gasteiger charge is -2.08. The zero-order chi connectivity index (χ0) is 21.5. The van der Waals surface area contributed by atoms with Crippen LogP contribution in [0.15, 0.2) is 77.3 Å². The predicted octanol–water partition coefficient (Wildman–Crippen LogP) is 6.02. The van der Waals surface area contributed by atoms with Crippen LogP contribution < -0.4 is 15.4 Å². The first-order valence-electron chi connectivity index (χ1n) is 8.94. The monoisotopic (exact) mass is 484 g/mol. The van der Waals surface area contributed by atoms with Crippen molar-refractivity contribution in [2.24, 2.45) is 0 Å². The average Bonchev–Trinajstić information content (AvgIpc) is 2.74. The summed E-state index contributed by atoms with van der Waals surface area (Å²) in [5.41, 5.74) is 2.45. The fraction of sp³-hybridized carbons (Fsp3) is 0.0435. The molecule has 5 nitrogen and oxygen atoms in total. The molecule has 2 N–H and O–H groups in total. The molecule has 0 spiro atoms. The Morgan fingerprint density at radius 1 is 0.967 bits per heavy atom. The van der Waals surface area contributed by atoms with Crippen LogP contribution in [-0.2, 0) is 4.79 Å². The van der Waals surface area contributed by atoms with Gasteiger partial charge >= 0.3 is 0 Å². The van der Waals surface area contributed by atoms with Gasteiger partial charge in [0.1, 0.15) is 5.75 Å². The maximum absolute atomic E-state index is 12.3. The van der Waals surface area contributed by atoms with Crippen molar-refractivity contribution in [2.45, 2.75) is 0 Å². The molecule has 7 heteroatoms. The van der Waals surface area contributed by atoms with Gasteiger partial charge in [-0.2, -0.15) is 0 Å². The van der Waals surface area contributed by atoms with Crippen LogP contribution in [0.5, 0.6) is 5.75 Å². The molecule has 152 valence electrons. The Bertz CT molecular complexity index is 1100. The lowest BCUT2D eigenvalue weighted by atomic mass is 10.2. The van der Waals surface area contributed by atoms with Crippen molar-refractivity contribution in [3.8, 4) is 5.75 Å². The van der Waals surface area contributed by atoms with Gasteiger partial charge in [0.05, 0.1) is 7.11 Å². The molecule has 0 aromatic heterocycles. The van der Waals surface area contributed by atoms with E-state index in [4.69, 9.17) is 16.3 Å². The number of halogens is 2. The van der Waals surface area contributed by atoms with Crippen LogP contribution in [-0.4, -0.2) is 18.9 Å². The minimum absolute atomic E-state index is 0.264. The van der Waals surface area contributed by atoms with Crippen molar-refractivity contribution in [2.75, 3.05) is 17.7 Å². The van der Waals surface area contributed by atoms with Gasteiger partial charge in [-0.25, -0.2) is 0 Å². The SMILES string of the molecule is COc1ccc(Br)cc1/C=C/C(=O)Nc1ccc(NC(=O)c2cccc(Cl)c2)cc1. The van der Waals surface area contributed by atoms with Gasteiger partial charge in [-0.15, -0.1) is 0 Å². The van der Waals surface area contributed by atoms with E-state index in [9.17, 15) is 9.59 Å². The molecule has 30 heavy (non-hydrogen) atoms. The highest BCUT2D eigenvalue weighted by atomic mass is 79.9. The van der Waals surface area contributed by atoms with Crippen molar-refractivity contribution >= 4 is 56.8 Å². The molecule has 0 unspecified atom stereocenters. The molecule has 0 saturated heterocycles. The van der Waals surface area contributed by atoms with Crippen LogP contribution >= 0.6 is 27.5 Å². The van der Waals surface area contributed by atoms with Gasteiger partial charge in [0, 0.05) is 38.1 Å². The van der Waals surface area contributed by atoms with E-state index < -0.39 is 0 Å². The van der Waals surface area contributed by atoms with Crippen LogP contribution in [0.3, 0.4) is 0 Å². The number of anilines is 2. The molecule has 0 heterocycles. The highest BCUT2D eigenvalue weighted by Gasteiger charge is 2.07. The van der Waals surface area contributed by atoms with Crippen molar-refractivity contribution in [1.29, 1.82) is 0 Å². The Balaban J connectivity index is 1.61. The molecule has 0 bridgehead atoms. The molecule has 0 atom stereocenters. The van der Waals surface area contributed by atoms with E-state index >= 15 is 0 Å². The zero-order valence-corrected chi connectivity index (χ0v) is 18.3. The molecular formula is C23H18BrClN2O3. The Morgan fingerprint density at radius 2 is 1.67 bits per heavy atom. The summed E-state index contributed by atoms with van der Waals surface area (Å²) in [4.78, 5) is 24.5. The van der Waals surface area contributed by atoms with Gasteiger partial charge < -0.3 is 15.4 Å². The number of hydrogen-bond donors (Lipinski definition) is 2. The minimum atomic E-state index is -0.284. The molecule has 0 aliphatic rings. The van der Waals surface area contributed by atoms with Crippen molar-refractivity contribution in [3.63, 3.8) is 0 Å². The molecule has 0 saturated carbocycles. The number of carbonyl (C=O) groups excluding carboxylic acids is 2. The van der Waals surface area contributed by atoms with Crippen LogP contribution in [0.1, 0.15) is 15.9 Å². The highest BCUT2D eigenvalue weighted by Crippen LogP contribution is 2.24. The molecular weight excluding hydrogens is 468 g/mol. The Kier molecular flexibility index (Phi) is 7.27. The van der Waals surface area contributed by atoms with Gasteiger partial charge in [-0.05, 0) is 66.7 Å². The number of nitrogens with one attached hydrogen (secondary N) is 2. The second kappa shape index (κ2) is 10.1. The van der Waals surface area contributed by atoms with Crippen molar-refractivity contribution in [3.05, 3.63) is 93.4 Å². The highest BCUT2D eigenvalue weighted by molar-refractivity contribution is 9.10. The Hall–Kier alpha value is -3.09. The van der Waals surface area contributed by atoms with Gasteiger partial charge in [0.25, 0.3) is 5.91 Å². The number of amides is 2. The number of hydrogen-bond acceptors (Lipinski definition) is 3. The van der Waals surface area contributed by atoms with Crippen LogP contribution in [0.2, 0.25) is 5.02 Å². The molecule has 3 aromatic rings. The molecule has 3 aromatic carbocycles. The number of benzene rings is 3. The van der Waals surface area contributed by atoms with E-state index in [1.807, 2.05) is 18.2 Å². The Labute approximate surface area is 187 Å². The first kappa shape index (κ1) is 21.6. The third-order valence-corrected chi connectivity index (χ3v) is 4.83. The normalized spacial score (nSPS) is 10.6. The zero-order valence-electron chi connectivity index (χ0n) is 16.0. The second-order valence-corrected chi connectivity index (χ2v) is 7.60. The van der Waals surface area contributed by atoms with E-state index in [0.717, 1.165) is 10.0 Å². The van der Waals surface area contributed by atoms with Crippen LogP contribution in [0, 0.1) is 0 Å². The summed E-state index contributed by atoms with van der Waals surface area (Å²) >= 11 is 9.32. The standard InChI is InChI=1S/C23H18BrClN2O3/c1-30-21-11-6-17(24)13-15(21)5-12-22(28)26-19-7-9-20(10-8-19)27-23(29)16-3-2-4-18(25)14-16/h2-14H,1H3,(H,26,28)(H,27,29)/b12-5+. The second-order valence-electron chi connectivity index (χ2n) is 6.25. The fourth-order valence-electron chi connectivity index (χ4n) is 2.65. The molecule has 0 aliphatic carbocycles. The van der Waals surface area contributed by atoms with E-state index in [2.05, 4.69) is 26.6 Å². The summed E-state index contributed by atoms with van der Waals surface area (Å²) in [5, 5.41) is 6.06. The summed E-state index contributed by atoms with van der Waals surface area (Å²) in [7, 11) is 1.58. The van der Waals surface area contributed by atoms with Gasteiger partial charge in [0.15, 0.2) is 0 Å². The van der Waals surface area contributed by atoms with E-state index in [0.29, 0.717) is 27.7 Å². The largest absolute Gasteiger partial charge is 0.496 e. The maximum Gasteiger partial charge on any atom is 0.255 e. The predicted molar refractivity (Wildman–Crippen MR) is 124 cm³/mol. The summed E-state index contributed by atoms with van der Waals surface area (Å²) in [5.74, 6) is 0.120. The lowest BCUT2D eigenvalue weighted by Crippen LogP contribution is -2.12. The van der Waals surface area contributed by atoms with E-state index in [-0.39, 0.29) is 11.8 Å². The molecule has 2 amide bonds. The first-order valence-corrected chi connectivity index (χ1v) is 10.1. The molecule has 3 rings (SSSR count). The first-order chi connectivity index (χ1) is 14.4. The van der Waals surface area contributed by atoms with Gasteiger partial charge in [-0.3, -0.25) is 9.59 Å². The number of carbonyl (C=O) groups is 2. The minimum Gasteiger partial charge on any atom is -0.496 e. The summed E-state index contributed by atoms with van der Waals surface area (Å²) in [6, 6.07) is 19.1. The third kappa shape index (κ3) is 5.95. The summed E-state index contributed by atoms with van der Waals surface area (Å²) in [6.07, 6.45) is 3.11. The molecule has 0 radical (unpaired) electrons. The van der Waals surface area contributed by atoms with Crippen LogP contribution in [0.4, 0.5) is 11.4 Å². The third-order valence-electron chi connectivity index (χ3n) is 4.10. The van der Waals surface area contributed by atoms with Gasteiger partial charge in [0.2, 0.25) is 5.91 Å². The van der Waals surface area contributed by atoms with E-state index in [1.54, 1.807) is 61.7 Å². The topological polar surface area (TPSA) is 67.4 Å². The van der Waals surface area contributed by atoms with E-state index in [1.165, 1.54) is 6.08 Å². The van der Waals surface area contributed by atoms with Gasteiger partial charge in [-0.1, -0.05) is 33.6 Å². The molecule has 0 aliphatic heterocycles. The van der Waals surface area contributed by atoms with Crippen molar-refractivity contribution in [1.82, 2.24) is 0 Å². The number of rotatable bonds is 6. The average molecular weight is 486 g/mol. The Morgan fingerprint density at radius 3 is 2.33 bits per heavy atom. The quantitative estimate of drug-likeness (QED) is 0.420. The summed E-state index contributed by atoms with van der Waals surface area (Å²) < 4.78 is 6.18. The number of ether oxygens (including phenoxy) is 1. The van der Waals surface area contributed by atoms with Crippen LogP contribution in [0.25, 0.3) is 6.08 Å². The number of methoxy groups -OCH3 is 1. The smallest absolute Gasteiger partial charge is 0.255 e. The molecule has 0 fully saturated rings. The maximum atomic E-state index is 12.3. The lowest BCUT2D eigenvalue weighted by molar-refractivity contribution is -0.111. The summed E-state index contributed by atoms with van der Waals surface area (Å²) in [6.45, 7) is 0.